The third-order valence-electron chi connectivity index (χ3n) is 2.40. The van der Waals surface area contributed by atoms with Crippen LogP contribution in [-0.4, -0.2) is 16.7 Å². The second-order valence-electron chi connectivity index (χ2n) is 4.36. The normalized spacial score (nSPS) is 11.7. The molecule has 2 rings (SSSR count). The highest BCUT2D eigenvalue weighted by Crippen LogP contribution is 2.27. The van der Waals surface area contributed by atoms with Crippen molar-refractivity contribution in [1.82, 2.24) is 10.1 Å². The van der Waals surface area contributed by atoms with E-state index < -0.39 is 0 Å². The molecule has 0 atom stereocenters. The fourth-order valence-corrected chi connectivity index (χ4v) is 2.27. The molecule has 0 aliphatic heterocycles. The average molecular weight is 237 g/mol. The van der Waals surface area contributed by atoms with E-state index >= 15 is 0 Å². The van der Waals surface area contributed by atoms with Gasteiger partial charge in [0.25, 0.3) is 0 Å². The lowest BCUT2D eigenvalue weighted by atomic mass is 9.91. The summed E-state index contributed by atoms with van der Waals surface area (Å²) in [6.45, 7) is 6.96. The van der Waals surface area contributed by atoms with Crippen LogP contribution in [0.2, 0.25) is 0 Å². The van der Waals surface area contributed by atoms with Crippen LogP contribution in [0.15, 0.2) is 22.0 Å². The van der Waals surface area contributed by atoms with Gasteiger partial charge < -0.3 is 9.84 Å². The molecule has 0 bridgehead atoms. The molecule has 86 valence electrons. The van der Waals surface area contributed by atoms with Crippen LogP contribution >= 0.6 is 11.3 Å². The van der Waals surface area contributed by atoms with Gasteiger partial charge in [0.15, 0.2) is 5.82 Å². The van der Waals surface area contributed by atoms with Gasteiger partial charge in [-0.1, -0.05) is 25.1 Å². The molecular weight excluding hydrogens is 222 g/mol. The van der Waals surface area contributed by atoms with Crippen LogP contribution in [0, 0.1) is 6.92 Å². The number of aryl methyl sites for hydroxylation is 1. The molecule has 0 saturated heterocycles. The van der Waals surface area contributed by atoms with E-state index in [1.54, 1.807) is 18.3 Å². The molecule has 0 aromatic carbocycles. The van der Waals surface area contributed by atoms with Crippen LogP contribution in [-0.2, 0) is 5.41 Å². The fourth-order valence-electron chi connectivity index (χ4n) is 1.42. The lowest BCUT2D eigenvalue weighted by Crippen LogP contribution is -2.26. The number of anilines is 1. The van der Waals surface area contributed by atoms with Gasteiger partial charge in [0, 0.05) is 16.8 Å². The van der Waals surface area contributed by atoms with Gasteiger partial charge >= 0.3 is 6.01 Å². The number of aromatic nitrogens is 2. The highest BCUT2D eigenvalue weighted by Gasteiger charge is 2.22. The summed E-state index contributed by atoms with van der Waals surface area (Å²) < 4.78 is 5.01. The Labute approximate surface area is 98.7 Å². The van der Waals surface area contributed by atoms with Crippen LogP contribution in [0.1, 0.15) is 24.5 Å². The van der Waals surface area contributed by atoms with Gasteiger partial charge in [0.1, 0.15) is 0 Å². The first kappa shape index (κ1) is 11.1. The van der Waals surface area contributed by atoms with Crippen LogP contribution < -0.4 is 5.32 Å². The number of rotatable bonds is 4. The van der Waals surface area contributed by atoms with Gasteiger partial charge in [-0.15, -0.1) is 11.3 Å². The molecular formula is C11H15N3OS. The lowest BCUT2D eigenvalue weighted by molar-refractivity contribution is 0.420. The van der Waals surface area contributed by atoms with E-state index in [1.807, 2.05) is 0 Å². The van der Waals surface area contributed by atoms with E-state index in [4.69, 9.17) is 4.52 Å². The van der Waals surface area contributed by atoms with E-state index in [2.05, 4.69) is 46.8 Å². The Bertz CT molecular complexity index is 448. The standard InChI is InChI=1S/C11H15N3OS/c1-8-13-10(15-14-8)12-7-11(2,3)9-5-4-6-16-9/h4-6H,7H2,1-3H3,(H,12,13,14). The molecule has 0 amide bonds. The Morgan fingerprint density at radius 2 is 2.31 bits per heavy atom. The highest BCUT2D eigenvalue weighted by molar-refractivity contribution is 7.10. The molecule has 0 radical (unpaired) electrons. The van der Waals surface area contributed by atoms with Crippen LogP contribution in [0.4, 0.5) is 6.01 Å². The number of hydrogen-bond acceptors (Lipinski definition) is 5. The zero-order valence-electron chi connectivity index (χ0n) is 9.65. The molecule has 0 aliphatic rings. The van der Waals surface area contributed by atoms with Crippen molar-refractivity contribution in [3.63, 3.8) is 0 Å². The molecule has 2 aromatic heterocycles. The van der Waals surface area contributed by atoms with Gasteiger partial charge in [-0.2, -0.15) is 4.98 Å². The Morgan fingerprint density at radius 1 is 1.50 bits per heavy atom. The Kier molecular flexibility index (Phi) is 2.96. The molecule has 4 nitrogen and oxygen atoms in total. The maximum Gasteiger partial charge on any atom is 0.321 e. The maximum atomic E-state index is 5.01. The first-order valence-corrected chi connectivity index (χ1v) is 6.04. The fraction of sp³-hybridized carbons (Fsp3) is 0.455. The topological polar surface area (TPSA) is 51.0 Å². The minimum absolute atomic E-state index is 0.0660. The van der Waals surface area contributed by atoms with Crippen molar-refractivity contribution in [3.8, 4) is 0 Å². The van der Waals surface area contributed by atoms with Crippen molar-refractivity contribution < 1.29 is 4.52 Å². The molecule has 2 aromatic rings. The van der Waals surface area contributed by atoms with Crippen molar-refractivity contribution in [2.75, 3.05) is 11.9 Å². The predicted octanol–water partition coefficient (Wildman–Crippen LogP) is 2.83. The first-order valence-electron chi connectivity index (χ1n) is 5.16. The van der Waals surface area contributed by atoms with Crippen LogP contribution in [0.5, 0.6) is 0 Å². The molecule has 1 N–H and O–H groups in total. The maximum absolute atomic E-state index is 5.01. The van der Waals surface area contributed by atoms with E-state index in [0.717, 1.165) is 6.54 Å². The summed E-state index contributed by atoms with van der Waals surface area (Å²) in [6, 6.07) is 4.70. The largest absolute Gasteiger partial charge is 0.337 e. The summed E-state index contributed by atoms with van der Waals surface area (Å²) >= 11 is 1.76. The average Bonchev–Trinajstić information content (AvgIpc) is 2.85. The van der Waals surface area contributed by atoms with Gasteiger partial charge in [0.2, 0.25) is 0 Å². The van der Waals surface area contributed by atoms with Crippen molar-refractivity contribution in [1.29, 1.82) is 0 Å². The summed E-state index contributed by atoms with van der Waals surface area (Å²) in [5.74, 6) is 0.649. The van der Waals surface area contributed by atoms with E-state index in [1.165, 1.54) is 4.88 Å². The van der Waals surface area contributed by atoms with Crippen LogP contribution in [0.25, 0.3) is 0 Å². The highest BCUT2D eigenvalue weighted by atomic mass is 32.1. The molecule has 0 saturated carbocycles. The smallest absolute Gasteiger partial charge is 0.321 e. The summed E-state index contributed by atoms with van der Waals surface area (Å²) in [7, 11) is 0. The molecule has 0 unspecified atom stereocenters. The third-order valence-corrected chi connectivity index (χ3v) is 3.63. The van der Waals surface area contributed by atoms with Crippen LogP contribution in [0.3, 0.4) is 0 Å². The van der Waals surface area contributed by atoms with Gasteiger partial charge in [-0.25, -0.2) is 0 Å². The first-order chi connectivity index (χ1) is 7.58. The minimum Gasteiger partial charge on any atom is -0.337 e. The molecule has 5 heteroatoms. The zero-order chi connectivity index (χ0) is 11.6. The second kappa shape index (κ2) is 4.25. The quantitative estimate of drug-likeness (QED) is 0.888. The molecule has 2 heterocycles. The monoisotopic (exact) mass is 237 g/mol. The molecule has 0 aliphatic carbocycles. The number of nitrogens with one attached hydrogen (secondary N) is 1. The summed E-state index contributed by atoms with van der Waals surface area (Å²) in [6.07, 6.45) is 0. The van der Waals surface area contributed by atoms with Gasteiger partial charge in [-0.3, -0.25) is 0 Å². The Morgan fingerprint density at radius 3 is 2.88 bits per heavy atom. The minimum atomic E-state index is 0.0660. The summed E-state index contributed by atoms with van der Waals surface area (Å²) in [5, 5.41) is 8.99. The SMILES string of the molecule is Cc1noc(NCC(C)(C)c2cccs2)n1. The van der Waals surface area contributed by atoms with E-state index in [-0.39, 0.29) is 5.41 Å². The van der Waals surface area contributed by atoms with Crippen molar-refractivity contribution in [3.05, 3.63) is 28.2 Å². The van der Waals surface area contributed by atoms with Gasteiger partial charge in [0.05, 0.1) is 0 Å². The molecule has 0 fully saturated rings. The third kappa shape index (κ3) is 2.41. The van der Waals surface area contributed by atoms with Crippen molar-refractivity contribution in [2.24, 2.45) is 0 Å². The molecule has 16 heavy (non-hydrogen) atoms. The molecule has 0 spiro atoms. The summed E-state index contributed by atoms with van der Waals surface area (Å²) in [4.78, 5) is 5.45. The number of hydrogen-bond donors (Lipinski definition) is 1. The zero-order valence-corrected chi connectivity index (χ0v) is 10.5. The van der Waals surface area contributed by atoms with E-state index in [9.17, 15) is 0 Å². The second-order valence-corrected chi connectivity index (χ2v) is 5.31. The lowest BCUT2D eigenvalue weighted by Gasteiger charge is -2.22. The van der Waals surface area contributed by atoms with E-state index in [0.29, 0.717) is 11.8 Å². The number of thiophene rings is 1. The Hall–Kier alpha value is -1.36. The Balaban J connectivity index is 2.00. The van der Waals surface area contributed by atoms with Gasteiger partial charge in [-0.05, 0) is 18.4 Å². The predicted molar refractivity (Wildman–Crippen MR) is 64.9 cm³/mol. The van der Waals surface area contributed by atoms with Crippen molar-refractivity contribution in [2.45, 2.75) is 26.2 Å². The summed E-state index contributed by atoms with van der Waals surface area (Å²) in [5.41, 5.74) is 0.0660. The number of nitrogens with zero attached hydrogens (tertiary/aromatic N) is 2. The van der Waals surface area contributed by atoms with Crippen molar-refractivity contribution >= 4 is 17.4 Å².